The third-order valence-electron chi connectivity index (χ3n) is 2.88. The predicted molar refractivity (Wildman–Crippen MR) is 55.0 cm³/mol. The van der Waals surface area contributed by atoms with E-state index in [4.69, 9.17) is 5.11 Å². The predicted octanol–water partition coefficient (Wildman–Crippen LogP) is 2.22. The molecule has 0 amide bonds. The second-order valence-corrected chi connectivity index (χ2v) is 3.87. The molecule has 0 bridgehead atoms. The van der Waals surface area contributed by atoms with Crippen molar-refractivity contribution in [2.75, 3.05) is 0 Å². The van der Waals surface area contributed by atoms with Gasteiger partial charge in [0.05, 0.1) is 5.56 Å². The van der Waals surface area contributed by atoms with Crippen LogP contribution in [0.15, 0.2) is 24.3 Å². The molecule has 2 rings (SSSR count). The van der Waals surface area contributed by atoms with Crippen LogP contribution in [0.4, 0.5) is 0 Å². The fourth-order valence-corrected chi connectivity index (χ4v) is 2.13. The van der Waals surface area contributed by atoms with Gasteiger partial charge in [-0.05, 0) is 24.0 Å². The third-order valence-corrected chi connectivity index (χ3v) is 2.88. The number of Topliss-reactive ketones (excluding diaryl/α,β-unsaturated/α-hetero) is 1. The minimum Gasteiger partial charge on any atom is -0.478 e. The molecule has 15 heavy (non-hydrogen) atoms. The van der Waals surface area contributed by atoms with Gasteiger partial charge in [0.2, 0.25) is 0 Å². The van der Waals surface area contributed by atoms with E-state index in [2.05, 4.69) is 0 Å². The highest BCUT2D eigenvalue weighted by atomic mass is 16.4. The average Bonchev–Trinajstić information content (AvgIpc) is 2.65. The minimum atomic E-state index is -0.912. The first-order chi connectivity index (χ1) is 7.18. The highest BCUT2D eigenvalue weighted by Gasteiger charge is 2.26. The van der Waals surface area contributed by atoms with Gasteiger partial charge in [0.1, 0.15) is 5.78 Å². The van der Waals surface area contributed by atoms with E-state index in [1.165, 1.54) is 0 Å². The maximum absolute atomic E-state index is 11.2. The van der Waals surface area contributed by atoms with Gasteiger partial charge in [-0.15, -0.1) is 0 Å². The Bertz CT molecular complexity index is 409. The summed E-state index contributed by atoms with van der Waals surface area (Å²) in [6.45, 7) is 0. The fourth-order valence-electron chi connectivity index (χ4n) is 2.13. The molecule has 1 unspecified atom stereocenters. The zero-order chi connectivity index (χ0) is 10.8. The van der Waals surface area contributed by atoms with Crippen LogP contribution in [0.25, 0.3) is 0 Å². The van der Waals surface area contributed by atoms with Crippen LogP contribution < -0.4 is 0 Å². The van der Waals surface area contributed by atoms with Crippen LogP contribution in [0.2, 0.25) is 0 Å². The summed E-state index contributed by atoms with van der Waals surface area (Å²) in [5.74, 6) is -0.574. The molecule has 1 aromatic rings. The van der Waals surface area contributed by atoms with Crippen molar-refractivity contribution in [2.24, 2.45) is 0 Å². The quantitative estimate of drug-likeness (QED) is 0.803. The first kappa shape index (κ1) is 9.90. The number of carboxylic acids is 1. The second-order valence-electron chi connectivity index (χ2n) is 3.87. The molecule has 1 aliphatic rings. The monoisotopic (exact) mass is 204 g/mol. The third kappa shape index (κ3) is 1.91. The zero-order valence-electron chi connectivity index (χ0n) is 8.27. The Labute approximate surface area is 87.7 Å². The standard InChI is InChI=1S/C12H12O3/c13-9-6-5-8(7-9)10-3-1-2-4-11(10)12(14)15/h1-4,8H,5-7H2,(H,14,15). The smallest absolute Gasteiger partial charge is 0.335 e. The molecule has 1 atom stereocenters. The van der Waals surface area contributed by atoms with Gasteiger partial charge in [0, 0.05) is 12.8 Å². The first-order valence-electron chi connectivity index (χ1n) is 5.02. The normalized spacial score (nSPS) is 20.5. The molecule has 0 saturated heterocycles. The molecular formula is C12H12O3. The summed E-state index contributed by atoms with van der Waals surface area (Å²) >= 11 is 0. The number of ketones is 1. The van der Waals surface area contributed by atoms with Crippen molar-refractivity contribution in [2.45, 2.75) is 25.2 Å². The average molecular weight is 204 g/mol. The van der Waals surface area contributed by atoms with Crippen LogP contribution >= 0.6 is 0 Å². The molecule has 0 heterocycles. The number of hydrogen-bond donors (Lipinski definition) is 1. The lowest BCUT2D eigenvalue weighted by Crippen LogP contribution is -2.05. The molecule has 0 radical (unpaired) electrons. The Morgan fingerprint density at radius 3 is 2.67 bits per heavy atom. The van der Waals surface area contributed by atoms with Gasteiger partial charge in [-0.2, -0.15) is 0 Å². The largest absolute Gasteiger partial charge is 0.478 e. The van der Waals surface area contributed by atoms with Crippen molar-refractivity contribution in [1.29, 1.82) is 0 Å². The highest BCUT2D eigenvalue weighted by molar-refractivity contribution is 5.90. The SMILES string of the molecule is O=C1CCC(c2ccccc2C(=O)O)C1. The summed E-state index contributed by atoms with van der Waals surface area (Å²) in [5, 5.41) is 9.01. The van der Waals surface area contributed by atoms with Gasteiger partial charge in [0.15, 0.2) is 0 Å². The van der Waals surface area contributed by atoms with Gasteiger partial charge in [-0.25, -0.2) is 4.79 Å². The maximum atomic E-state index is 11.2. The zero-order valence-corrected chi connectivity index (χ0v) is 8.27. The minimum absolute atomic E-state index is 0.102. The molecule has 1 fully saturated rings. The highest BCUT2D eigenvalue weighted by Crippen LogP contribution is 2.33. The van der Waals surface area contributed by atoms with Crippen molar-refractivity contribution in [3.63, 3.8) is 0 Å². The summed E-state index contributed by atoms with van der Waals surface area (Å²) in [4.78, 5) is 22.1. The molecule has 0 spiro atoms. The maximum Gasteiger partial charge on any atom is 0.335 e. The van der Waals surface area contributed by atoms with Crippen LogP contribution in [-0.4, -0.2) is 16.9 Å². The van der Waals surface area contributed by atoms with Gasteiger partial charge in [-0.3, -0.25) is 4.79 Å². The van der Waals surface area contributed by atoms with E-state index < -0.39 is 5.97 Å². The van der Waals surface area contributed by atoms with Crippen LogP contribution in [0.1, 0.15) is 41.1 Å². The van der Waals surface area contributed by atoms with Crippen LogP contribution in [-0.2, 0) is 4.79 Å². The Morgan fingerprint density at radius 2 is 2.07 bits per heavy atom. The molecule has 1 saturated carbocycles. The van der Waals surface area contributed by atoms with Crippen molar-refractivity contribution in [3.8, 4) is 0 Å². The van der Waals surface area contributed by atoms with E-state index in [1.54, 1.807) is 12.1 Å². The number of carboxylic acid groups (broad SMARTS) is 1. The number of benzene rings is 1. The second kappa shape index (κ2) is 3.85. The Balaban J connectivity index is 2.35. The van der Waals surface area contributed by atoms with Crippen LogP contribution in [0.3, 0.4) is 0 Å². The topological polar surface area (TPSA) is 54.4 Å². The Kier molecular flexibility index (Phi) is 2.54. The molecule has 3 nitrogen and oxygen atoms in total. The number of carbonyl (C=O) groups excluding carboxylic acids is 1. The van der Waals surface area contributed by atoms with Crippen molar-refractivity contribution >= 4 is 11.8 Å². The number of rotatable bonds is 2. The van der Waals surface area contributed by atoms with E-state index in [1.807, 2.05) is 12.1 Å². The van der Waals surface area contributed by atoms with Crippen molar-refractivity contribution < 1.29 is 14.7 Å². The molecule has 1 aliphatic carbocycles. The van der Waals surface area contributed by atoms with Crippen molar-refractivity contribution in [3.05, 3.63) is 35.4 Å². The van der Waals surface area contributed by atoms with Gasteiger partial charge < -0.3 is 5.11 Å². The van der Waals surface area contributed by atoms with Gasteiger partial charge in [0.25, 0.3) is 0 Å². The van der Waals surface area contributed by atoms with Crippen molar-refractivity contribution in [1.82, 2.24) is 0 Å². The van der Waals surface area contributed by atoms with E-state index in [0.29, 0.717) is 18.4 Å². The fraction of sp³-hybridized carbons (Fsp3) is 0.333. The van der Waals surface area contributed by atoms with Crippen LogP contribution in [0, 0.1) is 0 Å². The van der Waals surface area contributed by atoms with Gasteiger partial charge in [-0.1, -0.05) is 18.2 Å². The summed E-state index contributed by atoms with van der Waals surface area (Å²) in [7, 11) is 0. The number of hydrogen-bond acceptors (Lipinski definition) is 2. The lowest BCUT2D eigenvalue weighted by Gasteiger charge is -2.11. The first-order valence-corrected chi connectivity index (χ1v) is 5.02. The number of aromatic carboxylic acids is 1. The molecule has 3 heteroatoms. The van der Waals surface area contributed by atoms with E-state index in [0.717, 1.165) is 12.0 Å². The summed E-state index contributed by atoms with van der Waals surface area (Å²) in [6.07, 6.45) is 1.85. The van der Waals surface area contributed by atoms with E-state index >= 15 is 0 Å². The lowest BCUT2D eigenvalue weighted by atomic mass is 9.93. The molecule has 0 aromatic heterocycles. The van der Waals surface area contributed by atoms with E-state index in [9.17, 15) is 9.59 Å². The molecular weight excluding hydrogens is 192 g/mol. The number of carbonyl (C=O) groups is 2. The van der Waals surface area contributed by atoms with E-state index in [-0.39, 0.29) is 11.7 Å². The van der Waals surface area contributed by atoms with Gasteiger partial charge >= 0.3 is 5.97 Å². The molecule has 1 N–H and O–H groups in total. The summed E-state index contributed by atoms with van der Waals surface area (Å²) in [5.41, 5.74) is 1.13. The summed E-state index contributed by atoms with van der Waals surface area (Å²) in [6, 6.07) is 6.95. The molecule has 1 aromatic carbocycles. The Hall–Kier alpha value is -1.64. The van der Waals surface area contributed by atoms with Crippen LogP contribution in [0.5, 0.6) is 0 Å². The summed E-state index contributed by atoms with van der Waals surface area (Å²) < 4.78 is 0. The molecule has 0 aliphatic heterocycles. The molecule has 78 valence electrons. The Morgan fingerprint density at radius 1 is 1.33 bits per heavy atom. The lowest BCUT2D eigenvalue weighted by molar-refractivity contribution is -0.117.